The van der Waals surface area contributed by atoms with Crippen LogP contribution in [0.5, 0.6) is 0 Å². The average molecular weight is 434 g/mol. The van der Waals surface area contributed by atoms with Crippen LogP contribution in [0.4, 0.5) is 0 Å². The number of aromatic nitrogens is 4. The standard InChI is InChI=1S/C16H11IN4OS/c1-20-15-12(8-19-20)7-18-16-13(15)6-14(21(16)23-17)11-4-2-3-10(5-11)9-22/h2-9H,1H3. The van der Waals surface area contributed by atoms with Crippen LogP contribution >= 0.6 is 30.3 Å². The van der Waals surface area contributed by atoms with Gasteiger partial charge in [0, 0.05) is 59.9 Å². The molecule has 0 saturated carbocycles. The Morgan fingerprint density at radius 3 is 2.91 bits per heavy atom. The lowest BCUT2D eigenvalue weighted by Crippen LogP contribution is -1.92. The van der Waals surface area contributed by atoms with Gasteiger partial charge < -0.3 is 0 Å². The van der Waals surface area contributed by atoms with Crippen molar-refractivity contribution in [2.45, 2.75) is 0 Å². The Balaban J connectivity index is 2.08. The third-order valence-corrected chi connectivity index (χ3v) is 5.56. The molecular formula is C16H11IN4OS. The molecule has 1 aromatic carbocycles. The van der Waals surface area contributed by atoms with Gasteiger partial charge in [0.15, 0.2) is 5.65 Å². The molecule has 3 aromatic heterocycles. The van der Waals surface area contributed by atoms with Gasteiger partial charge in [0.25, 0.3) is 0 Å². The second-order valence-corrected chi connectivity index (χ2v) is 6.89. The maximum atomic E-state index is 11.1. The Kier molecular flexibility index (Phi) is 3.61. The predicted octanol–water partition coefficient (Wildman–Crippen LogP) is 4.25. The van der Waals surface area contributed by atoms with E-state index in [4.69, 9.17) is 0 Å². The van der Waals surface area contributed by atoms with E-state index in [-0.39, 0.29) is 0 Å². The van der Waals surface area contributed by atoms with Crippen LogP contribution in [-0.2, 0) is 7.05 Å². The minimum Gasteiger partial charge on any atom is -0.298 e. The highest BCUT2D eigenvalue weighted by molar-refractivity contribution is 14.2. The van der Waals surface area contributed by atoms with Crippen molar-refractivity contribution in [2.24, 2.45) is 7.05 Å². The number of hydrogen-bond acceptors (Lipinski definition) is 4. The molecule has 0 atom stereocenters. The fourth-order valence-electron chi connectivity index (χ4n) is 2.83. The first-order valence-corrected chi connectivity index (χ1v) is 10.2. The van der Waals surface area contributed by atoms with E-state index in [9.17, 15) is 4.79 Å². The molecule has 0 saturated heterocycles. The third kappa shape index (κ3) is 2.26. The monoisotopic (exact) mass is 434 g/mol. The van der Waals surface area contributed by atoms with E-state index in [0.717, 1.165) is 39.5 Å². The minimum absolute atomic E-state index is 0.663. The van der Waals surface area contributed by atoms with E-state index in [1.807, 2.05) is 42.3 Å². The lowest BCUT2D eigenvalue weighted by molar-refractivity contribution is 0.112. The quantitative estimate of drug-likeness (QED) is 0.358. The van der Waals surface area contributed by atoms with E-state index >= 15 is 0 Å². The van der Waals surface area contributed by atoms with Crippen molar-refractivity contribution in [3.8, 4) is 11.3 Å². The van der Waals surface area contributed by atoms with Crippen molar-refractivity contribution in [3.05, 3.63) is 48.3 Å². The summed E-state index contributed by atoms with van der Waals surface area (Å²) in [6.07, 6.45) is 4.54. The van der Waals surface area contributed by atoms with Gasteiger partial charge in [0.05, 0.1) is 17.4 Å². The first-order valence-electron chi connectivity index (χ1n) is 6.90. The number of pyridine rings is 1. The summed E-state index contributed by atoms with van der Waals surface area (Å²) in [5.74, 6) is 0. The maximum Gasteiger partial charge on any atom is 0.153 e. The summed E-state index contributed by atoms with van der Waals surface area (Å²) in [7, 11) is 3.50. The Bertz CT molecular complexity index is 1050. The molecule has 0 N–H and O–H groups in total. The number of hydrogen-bond donors (Lipinski definition) is 0. The summed E-state index contributed by atoms with van der Waals surface area (Å²) in [5, 5.41) is 6.39. The van der Waals surface area contributed by atoms with Gasteiger partial charge in [-0.1, -0.05) is 18.2 Å². The number of carbonyl (C=O) groups excluding carboxylic acids is 1. The van der Waals surface area contributed by atoms with Gasteiger partial charge in [0.1, 0.15) is 6.29 Å². The van der Waals surface area contributed by atoms with Crippen molar-refractivity contribution in [1.29, 1.82) is 0 Å². The molecule has 7 heteroatoms. The van der Waals surface area contributed by atoms with E-state index in [2.05, 4.69) is 41.3 Å². The minimum atomic E-state index is 0.663. The molecule has 5 nitrogen and oxygen atoms in total. The maximum absolute atomic E-state index is 11.1. The summed E-state index contributed by atoms with van der Waals surface area (Å²) in [6, 6.07) is 9.71. The molecule has 3 heterocycles. The van der Waals surface area contributed by atoms with Crippen molar-refractivity contribution >= 4 is 58.5 Å². The molecule has 0 unspecified atom stereocenters. The van der Waals surface area contributed by atoms with E-state index in [1.54, 1.807) is 15.2 Å². The largest absolute Gasteiger partial charge is 0.298 e. The zero-order valence-corrected chi connectivity index (χ0v) is 15.1. The van der Waals surface area contributed by atoms with Gasteiger partial charge in [0.2, 0.25) is 0 Å². The van der Waals surface area contributed by atoms with Gasteiger partial charge in [-0.25, -0.2) is 4.98 Å². The van der Waals surface area contributed by atoms with Crippen LogP contribution in [0.15, 0.2) is 42.7 Å². The Hall–Kier alpha value is -1.87. The van der Waals surface area contributed by atoms with Crippen LogP contribution in [0, 0.1) is 0 Å². The second kappa shape index (κ2) is 5.64. The number of nitrogens with zero attached hydrogens (tertiary/aromatic N) is 4. The van der Waals surface area contributed by atoms with Crippen molar-refractivity contribution in [1.82, 2.24) is 18.7 Å². The third-order valence-electron chi connectivity index (χ3n) is 3.87. The van der Waals surface area contributed by atoms with E-state index < -0.39 is 0 Å². The van der Waals surface area contributed by atoms with Crippen molar-refractivity contribution in [3.63, 3.8) is 0 Å². The van der Waals surface area contributed by atoms with E-state index in [1.165, 1.54) is 0 Å². The van der Waals surface area contributed by atoms with Crippen LogP contribution < -0.4 is 0 Å². The lowest BCUT2D eigenvalue weighted by atomic mass is 10.1. The molecule has 0 bridgehead atoms. The normalized spacial score (nSPS) is 11.4. The Labute approximate surface area is 148 Å². The van der Waals surface area contributed by atoms with Gasteiger partial charge in [-0.2, -0.15) is 5.10 Å². The summed E-state index contributed by atoms with van der Waals surface area (Å²) < 4.78 is 3.94. The van der Waals surface area contributed by atoms with Gasteiger partial charge in [-0.3, -0.25) is 13.4 Å². The van der Waals surface area contributed by atoms with Gasteiger partial charge >= 0.3 is 0 Å². The molecule has 0 fully saturated rings. The zero-order chi connectivity index (χ0) is 16.0. The lowest BCUT2D eigenvalue weighted by Gasteiger charge is -2.05. The second-order valence-electron chi connectivity index (χ2n) is 5.20. The summed E-state index contributed by atoms with van der Waals surface area (Å²) in [4.78, 5) is 15.7. The molecule has 0 spiro atoms. The number of halogens is 1. The number of benzene rings is 1. The molecule has 0 amide bonds. The topological polar surface area (TPSA) is 52.7 Å². The van der Waals surface area contributed by atoms with Crippen LogP contribution in [0.2, 0.25) is 0 Å². The Morgan fingerprint density at radius 2 is 2.13 bits per heavy atom. The fourth-order valence-corrected chi connectivity index (χ4v) is 4.47. The highest BCUT2D eigenvalue weighted by atomic mass is 127. The summed E-state index contributed by atoms with van der Waals surface area (Å²) in [6.45, 7) is 0. The zero-order valence-electron chi connectivity index (χ0n) is 12.1. The molecule has 4 rings (SSSR count). The van der Waals surface area contributed by atoms with Gasteiger partial charge in [-0.05, 0) is 17.7 Å². The SMILES string of the molecule is Cn1ncc2cnc3c(cc(-c4cccc(C=O)c4)n3SI)c21. The summed E-state index contributed by atoms with van der Waals surface area (Å²) in [5.41, 5.74) is 4.63. The first-order chi connectivity index (χ1) is 11.2. The average Bonchev–Trinajstić information content (AvgIpc) is 3.15. The highest BCUT2D eigenvalue weighted by Crippen LogP contribution is 2.36. The number of rotatable bonds is 3. The predicted molar refractivity (Wildman–Crippen MR) is 102 cm³/mol. The highest BCUT2D eigenvalue weighted by Gasteiger charge is 2.16. The van der Waals surface area contributed by atoms with Gasteiger partial charge in [-0.15, -0.1) is 0 Å². The molecule has 23 heavy (non-hydrogen) atoms. The number of fused-ring (bicyclic) bond motifs is 3. The fraction of sp³-hybridized carbons (Fsp3) is 0.0625. The molecular weight excluding hydrogens is 423 g/mol. The van der Waals surface area contributed by atoms with E-state index in [0.29, 0.717) is 5.56 Å². The smallest absolute Gasteiger partial charge is 0.153 e. The molecule has 0 aliphatic heterocycles. The molecule has 0 aliphatic carbocycles. The molecule has 114 valence electrons. The van der Waals surface area contributed by atoms with Crippen LogP contribution in [-0.4, -0.2) is 25.0 Å². The van der Waals surface area contributed by atoms with Crippen LogP contribution in [0.3, 0.4) is 0 Å². The number of aryl methyl sites for hydroxylation is 1. The van der Waals surface area contributed by atoms with Crippen LogP contribution in [0.1, 0.15) is 10.4 Å². The molecule has 0 aliphatic rings. The number of aldehydes is 1. The number of carbonyl (C=O) groups is 1. The van der Waals surface area contributed by atoms with Crippen molar-refractivity contribution in [2.75, 3.05) is 0 Å². The molecule has 0 radical (unpaired) electrons. The Morgan fingerprint density at radius 1 is 1.26 bits per heavy atom. The molecule has 4 aromatic rings. The first kappa shape index (κ1) is 14.7. The van der Waals surface area contributed by atoms with Crippen molar-refractivity contribution < 1.29 is 4.79 Å². The van der Waals surface area contributed by atoms with Crippen LogP contribution in [0.25, 0.3) is 33.2 Å². The summed E-state index contributed by atoms with van der Waals surface area (Å²) >= 11 is 2.25.